The normalized spacial score (nSPS) is 12.7. The van der Waals surface area contributed by atoms with E-state index >= 15 is 0 Å². The van der Waals surface area contributed by atoms with E-state index in [-0.39, 0.29) is 33.8 Å². The summed E-state index contributed by atoms with van der Waals surface area (Å²) in [7, 11) is 0. The molecule has 1 aliphatic rings. The number of phenols is 2. The van der Waals surface area contributed by atoms with Crippen molar-refractivity contribution in [3.8, 4) is 11.5 Å². The fraction of sp³-hybridized carbons (Fsp3) is 0.200. The van der Waals surface area contributed by atoms with Crippen LogP contribution in [0, 0.1) is 0 Å². The summed E-state index contributed by atoms with van der Waals surface area (Å²) in [6.45, 7) is 5.59. The standard InChI is InChI=1S/C20H18O4/c1-3-5-11-7-9-13-15(17(11)21)19(23)14-10-8-12(6-4-2)18(22)16(14)20(13)24/h3,7-10,21-22H,1,4-6H2,2H3. The van der Waals surface area contributed by atoms with E-state index in [4.69, 9.17) is 0 Å². The Morgan fingerprint density at radius 3 is 1.92 bits per heavy atom. The van der Waals surface area contributed by atoms with Crippen LogP contribution in [0.4, 0.5) is 0 Å². The minimum atomic E-state index is -0.443. The number of allylic oxidation sites excluding steroid dienone is 1. The van der Waals surface area contributed by atoms with Crippen molar-refractivity contribution < 1.29 is 19.8 Å². The number of hydrogen-bond donors (Lipinski definition) is 2. The first-order chi connectivity index (χ1) is 11.5. The van der Waals surface area contributed by atoms with Gasteiger partial charge in [0.1, 0.15) is 11.5 Å². The number of phenolic OH excluding ortho intramolecular Hbond substituents is 2. The van der Waals surface area contributed by atoms with Crippen LogP contribution in [0.25, 0.3) is 0 Å². The van der Waals surface area contributed by atoms with E-state index in [1.54, 1.807) is 24.3 Å². The number of aryl methyl sites for hydroxylation is 1. The van der Waals surface area contributed by atoms with Gasteiger partial charge in [0.15, 0.2) is 11.6 Å². The number of carbonyl (C=O) groups is 2. The van der Waals surface area contributed by atoms with Gasteiger partial charge >= 0.3 is 0 Å². The maximum atomic E-state index is 12.8. The minimum Gasteiger partial charge on any atom is -0.507 e. The lowest BCUT2D eigenvalue weighted by Gasteiger charge is -2.21. The Morgan fingerprint density at radius 2 is 1.42 bits per heavy atom. The van der Waals surface area contributed by atoms with E-state index in [0.29, 0.717) is 24.0 Å². The molecule has 24 heavy (non-hydrogen) atoms. The van der Waals surface area contributed by atoms with Gasteiger partial charge in [0.25, 0.3) is 0 Å². The maximum Gasteiger partial charge on any atom is 0.198 e. The van der Waals surface area contributed by atoms with E-state index in [1.807, 2.05) is 6.92 Å². The maximum absolute atomic E-state index is 12.8. The molecule has 0 heterocycles. The van der Waals surface area contributed by atoms with Crippen molar-refractivity contribution in [3.63, 3.8) is 0 Å². The molecule has 0 saturated carbocycles. The summed E-state index contributed by atoms with van der Waals surface area (Å²) < 4.78 is 0. The number of hydrogen-bond acceptors (Lipinski definition) is 4. The Kier molecular flexibility index (Phi) is 3.97. The Hall–Kier alpha value is -2.88. The lowest BCUT2D eigenvalue weighted by atomic mass is 9.81. The average Bonchev–Trinajstić information content (AvgIpc) is 2.56. The molecular formula is C20H18O4. The van der Waals surface area contributed by atoms with Gasteiger partial charge in [0, 0.05) is 11.1 Å². The number of carbonyl (C=O) groups excluding carboxylic acids is 2. The summed E-state index contributed by atoms with van der Waals surface area (Å²) in [5.74, 6) is -1.20. The molecule has 3 rings (SSSR count). The third-order valence-corrected chi connectivity index (χ3v) is 4.35. The molecule has 0 amide bonds. The van der Waals surface area contributed by atoms with Gasteiger partial charge in [-0.1, -0.05) is 31.6 Å². The van der Waals surface area contributed by atoms with Crippen LogP contribution >= 0.6 is 0 Å². The molecule has 4 heteroatoms. The second-order valence-electron chi connectivity index (χ2n) is 5.89. The molecule has 0 aliphatic heterocycles. The van der Waals surface area contributed by atoms with Crippen molar-refractivity contribution in [2.45, 2.75) is 26.2 Å². The van der Waals surface area contributed by atoms with Gasteiger partial charge in [-0.15, -0.1) is 6.58 Å². The molecule has 2 aromatic carbocycles. The molecule has 122 valence electrons. The van der Waals surface area contributed by atoms with E-state index in [2.05, 4.69) is 6.58 Å². The van der Waals surface area contributed by atoms with Gasteiger partial charge in [-0.3, -0.25) is 9.59 Å². The highest BCUT2D eigenvalue weighted by atomic mass is 16.3. The van der Waals surface area contributed by atoms with Crippen LogP contribution in [0.1, 0.15) is 56.3 Å². The first kappa shape index (κ1) is 16.0. The molecule has 0 unspecified atom stereocenters. The third kappa shape index (κ3) is 2.22. The molecule has 2 N–H and O–H groups in total. The van der Waals surface area contributed by atoms with Crippen molar-refractivity contribution in [1.29, 1.82) is 0 Å². The largest absolute Gasteiger partial charge is 0.507 e. The summed E-state index contributed by atoms with van der Waals surface area (Å²) in [6.07, 6.45) is 3.45. The molecular weight excluding hydrogens is 304 g/mol. The second kappa shape index (κ2) is 5.96. The number of ketones is 2. The zero-order valence-electron chi connectivity index (χ0n) is 13.4. The first-order valence-electron chi connectivity index (χ1n) is 7.91. The van der Waals surface area contributed by atoms with Crippen LogP contribution in [0.3, 0.4) is 0 Å². The van der Waals surface area contributed by atoms with Gasteiger partial charge in [-0.05, 0) is 36.1 Å². The zero-order chi connectivity index (χ0) is 17.4. The highest BCUT2D eigenvalue weighted by molar-refractivity contribution is 6.30. The van der Waals surface area contributed by atoms with Crippen LogP contribution in [-0.2, 0) is 12.8 Å². The molecule has 0 atom stereocenters. The Morgan fingerprint density at radius 1 is 0.917 bits per heavy atom. The molecule has 0 fully saturated rings. The third-order valence-electron chi connectivity index (χ3n) is 4.35. The molecule has 0 spiro atoms. The smallest absolute Gasteiger partial charge is 0.198 e. The summed E-state index contributed by atoms with van der Waals surface area (Å²) in [5.41, 5.74) is 1.50. The molecule has 0 bridgehead atoms. The number of rotatable bonds is 4. The minimum absolute atomic E-state index is 0.00879. The molecule has 1 aliphatic carbocycles. The lowest BCUT2D eigenvalue weighted by Crippen LogP contribution is -2.22. The first-order valence-corrected chi connectivity index (χ1v) is 7.91. The van der Waals surface area contributed by atoms with Crippen molar-refractivity contribution in [2.75, 3.05) is 0 Å². The van der Waals surface area contributed by atoms with Crippen molar-refractivity contribution in [1.82, 2.24) is 0 Å². The predicted octanol–water partition coefficient (Wildman–Crippen LogP) is 3.55. The fourth-order valence-electron chi connectivity index (χ4n) is 3.17. The van der Waals surface area contributed by atoms with Crippen LogP contribution in [0.2, 0.25) is 0 Å². The van der Waals surface area contributed by atoms with Crippen molar-refractivity contribution in [2.24, 2.45) is 0 Å². The summed E-state index contributed by atoms with van der Waals surface area (Å²) in [4.78, 5) is 25.6. The highest BCUT2D eigenvalue weighted by Crippen LogP contribution is 2.39. The van der Waals surface area contributed by atoms with Crippen LogP contribution < -0.4 is 0 Å². The van der Waals surface area contributed by atoms with E-state index in [0.717, 1.165) is 6.42 Å². The van der Waals surface area contributed by atoms with Crippen molar-refractivity contribution in [3.05, 3.63) is 70.3 Å². The van der Waals surface area contributed by atoms with Gasteiger partial charge in [-0.25, -0.2) is 0 Å². The van der Waals surface area contributed by atoms with Gasteiger partial charge in [0.05, 0.1) is 11.1 Å². The van der Waals surface area contributed by atoms with E-state index in [9.17, 15) is 19.8 Å². The van der Waals surface area contributed by atoms with Gasteiger partial charge < -0.3 is 10.2 Å². The highest BCUT2D eigenvalue weighted by Gasteiger charge is 2.35. The monoisotopic (exact) mass is 322 g/mol. The van der Waals surface area contributed by atoms with Crippen LogP contribution in [-0.4, -0.2) is 21.8 Å². The SMILES string of the molecule is C=CCc1ccc2c(c1O)C(=O)c1ccc(CCC)c(O)c1C2=O. The number of aromatic hydroxyl groups is 2. The Bertz CT molecular complexity index is 878. The number of benzene rings is 2. The average molecular weight is 322 g/mol. The fourth-order valence-corrected chi connectivity index (χ4v) is 3.17. The quantitative estimate of drug-likeness (QED) is 0.720. The number of fused-ring (bicyclic) bond motifs is 2. The van der Waals surface area contributed by atoms with Crippen molar-refractivity contribution >= 4 is 11.6 Å². The lowest BCUT2D eigenvalue weighted by molar-refractivity contribution is 0.0974. The van der Waals surface area contributed by atoms with Crippen LogP contribution in [0.15, 0.2) is 36.9 Å². The molecule has 2 aromatic rings. The topological polar surface area (TPSA) is 74.6 Å². The molecule has 0 saturated heterocycles. The predicted molar refractivity (Wildman–Crippen MR) is 91.0 cm³/mol. The summed E-state index contributed by atoms with van der Waals surface area (Å²) in [5, 5.41) is 20.8. The molecule has 0 aromatic heterocycles. The summed E-state index contributed by atoms with van der Waals surface area (Å²) >= 11 is 0. The second-order valence-corrected chi connectivity index (χ2v) is 5.89. The van der Waals surface area contributed by atoms with Gasteiger partial charge in [0.2, 0.25) is 0 Å². The van der Waals surface area contributed by atoms with Crippen LogP contribution in [0.5, 0.6) is 11.5 Å². The molecule has 4 nitrogen and oxygen atoms in total. The zero-order valence-corrected chi connectivity index (χ0v) is 13.4. The summed E-state index contributed by atoms with van der Waals surface area (Å²) in [6, 6.07) is 6.36. The Labute approximate surface area is 140 Å². The van der Waals surface area contributed by atoms with E-state index < -0.39 is 11.6 Å². The van der Waals surface area contributed by atoms with Gasteiger partial charge in [-0.2, -0.15) is 0 Å². The van der Waals surface area contributed by atoms with E-state index in [1.165, 1.54) is 6.07 Å². The molecule has 0 radical (unpaired) electrons. The Balaban J connectivity index is 2.24.